The van der Waals surface area contributed by atoms with E-state index in [1.165, 1.54) is 49.9 Å². The van der Waals surface area contributed by atoms with E-state index in [-0.39, 0.29) is 40.4 Å². The van der Waals surface area contributed by atoms with Gasteiger partial charge in [0, 0.05) is 23.6 Å². The highest BCUT2D eigenvalue weighted by Gasteiger charge is 2.40. The molecular formula is C29H24FN5O6S. The highest BCUT2D eigenvalue weighted by Crippen LogP contribution is 2.32. The number of methoxy groups -OCH3 is 2. The van der Waals surface area contributed by atoms with Crippen molar-refractivity contribution in [1.82, 2.24) is 19.4 Å². The number of hydrogen-bond donors (Lipinski definition) is 1. The molecule has 0 bridgehead atoms. The van der Waals surface area contributed by atoms with E-state index in [1.54, 1.807) is 36.4 Å². The van der Waals surface area contributed by atoms with E-state index in [1.807, 2.05) is 0 Å². The number of carbonyl (C=O) groups is 4. The standard InChI is InChI=1S/C29H24FN5O6S/c1-40-18-11-12-22(24(13-18)41-2)31-27(37)26(23-16-42-33-32-23)34(14-17-7-3-6-10-21(17)30)25(36)15-35-28(38)19-8-4-5-9-20(19)29(35)39/h3-13,16,26H,14-15H2,1-2H3,(H,31,37). The molecule has 1 aliphatic heterocycles. The fourth-order valence-electron chi connectivity index (χ4n) is 4.57. The Morgan fingerprint density at radius 1 is 1.00 bits per heavy atom. The predicted molar refractivity (Wildman–Crippen MR) is 150 cm³/mol. The molecule has 0 radical (unpaired) electrons. The molecule has 0 spiro atoms. The molecule has 0 aliphatic carbocycles. The number of halogens is 1. The Morgan fingerprint density at radius 3 is 2.31 bits per heavy atom. The molecule has 1 unspecified atom stereocenters. The summed E-state index contributed by atoms with van der Waals surface area (Å²) in [5, 5.41) is 8.26. The predicted octanol–water partition coefficient (Wildman–Crippen LogP) is 3.70. The van der Waals surface area contributed by atoms with Crippen LogP contribution >= 0.6 is 11.5 Å². The van der Waals surface area contributed by atoms with Crippen molar-refractivity contribution in [2.75, 3.05) is 26.1 Å². The molecule has 4 amide bonds. The Hall–Kier alpha value is -5.17. The fraction of sp³-hybridized carbons (Fsp3) is 0.172. The molecule has 5 rings (SSSR count). The lowest BCUT2D eigenvalue weighted by molar-refractivity contribution is -0.140. The third kappa shape index (κ3) is 5.54. The van der Waals surface area contributed by atoms with Gasteiger partial charge in [-0.1, -0.05) is 34.8 Å². The van der Waals surface area contributed by atoms with Crippen molar-refractivity contribution in [3.63, 3.8) is 0 Å². The molecule has 13 heteroatoms. The number of benzene rings is 3. The minimum absolute atomic E-state index is 0.108. The maximum Gasteiger partial charge on any atom is 0.262 e. The number of nitrogens with one attached hydrogen (secondary N) is 1. The number of amides is 4. The third-order valence-electron chi connectivity index (χ3n) is 6.67. The topological polar surface area (TPSA) is 131 Å². The Balaban J connectivity index is 1.52. The van der Waals surface area contributed by atoms with E-state index in [0.717, 1.165) is 21.3 Å². The molecule has 3 aromatic carbocycles. The summed E-state index contributed by atoms with van der Waals surface area (Å²) < 4.78 is 29.3. The van der Waals surface area contributed by atoms with Gasteiger partial charge in [0.2, 0.25) is 5.91 Å². The van der Waals surface area contributed by atoms with Crippen LogP contribution in [0, 0.1) is 5.82 Å². The van der Waals surface area contributed by atoms with Gasteiger partial charge in [-0.05, 0) is 41.9 Å². The van der Waals surface area contributed by atoms with Crippen LogP contribution in [0.25, 0.3) is 0 Å². The van der Waals surface area contributed by atoms with Gasteiger partial charge in [-0.3, -0.25) is 24.1 Å². The molecular weight excluding hydrogens is 565 g/mol. The summed E-state index contributed by atoms with van der Waals surface area (Å²) in [5.41, 5.74) is 0.824. The quantitative estimate of drug-likeness (QED) is 0.277. The zero-order valence-electron chi connectivity index (χ0n) is 22.4. The number of nitrogens with zero attached hydrogens (tertiary/aromatic N) is 4. The van der Waals surface area contributed by atoms with Crippen LogP contribution in [0.4, 0.5) is 10.1 Å². The third-order valence-corrected chi connectivity index (χ3v) is 7.20. The van der Waals surface area contributed by atoms with Gasteiger partial charge in [0.05, 0.1) is 31.0 Å². The summed E-state index contributed by atoms with van der Waals surface area (Å²) in [5.74, 6) is -2.62. The normalized spacial score (nSPS) is 13.0. The van der Waals surface area contributed by atoms with Crippen LogP contribution in [0.3, 0.4) is 0 Å². The molecule has 1 aliphatic rings. The van der Waals surface area contributed by atoms with Crippen LogP contribution in [-0.4, -0.2) is 63.8 Å². The SMILES string of the molecule is COc1ccc(NC(=O)C(c2csnn2)N(Cc2ccccc2F)C(=O)CN2C(=O)c3ccccc3C2=O)c(OC)c1. The van der Waals surface area contributed by atoms with Gasteiger partial charge in [0.1, 0.15) is 29.6 Å². The molecule has 2 heterocycles. The first-order valence-electron chi connectivity index (χ1n) is 12.6. The van der Waals surface area contributed by atoms with Crippen molar-refractivity contribution in [1.29, 1.82) is 0 Å². The Bertz CT molecular complexity index is 1630. The van der Waals surface area contributed by atoms with Crippen molar-refractivity contribution in [2.45, 2.75) is 12.6 Å². The molecule has 1 atom stereocenters. The van der Waals surface area contributed by atoms with Crippen LogP contribution < -0.4 is 14.8 Å². The van der Waals surface area contributed by atoms with Crippen LogP contribution in [-0.2, 0) is 16.1 Å². The van der Waals surface area contributed by atoms with E-state index in [2.05, 4.69) is 14.9 Å². The average molecular weight is 590 g/mol. The van der Waals surface area contributed by atoms with Gasteiger partial charge in [0.15, 0.2) is 6.04 Å². The second-order valence-corrected chi connectivity index (χ2v) is 9.75. The number of aromatic nitrogens is 2. The summed E-state index contributed by atoms with van der Waals surface area (Å²) in [6, 6.07) is 15.3. The van der Waals surface area contributed by atoms with Crippen molar-refractivity contribution < 1.29 is 33.0 Å². The van der Waals surface area contributed by atoms with E-state index in [0.29, 0.717) is 5.75 Å². The van der Waals surface area contributed by atoms with Gasteiger partial charge >= 0.3 is 0 Å². The highest BCUT2D eigenvalue weighted by atomic mass is 32.1. The molecule has 1 N–H and O–H groups in total. The largest absolute Gasteiger partial charge is 0.497 e. The fourth-order valence-corrected chi connectivity index (χ4v) is 5.04. The number of rotatable bonds is 10. The monoisotopic (exact) mass is 589 g/mol. The van der Waals surface area contributed by atoms with E-state index in [4.69, 9.17) is 9.47 Å². The van der Waals surface area contributed by atoms with E-state index >= 15 is 0 Å². The minimum atomic E-state index is -1.42. The number of ether oxygens (including phenoxy) is 2. The molecule has 4 aromatic rings. The Morgan fingerprint density at radius 2 is 1.69 bits per heavy atom. The van der Waals surface area contributed by atoms with Gasteiger partial charge < -0.3 is 19.7 Å². The Kier molecular flexibility index (Phi) is 8.20. The highest BCUT2D eigenvalue weighted by molar-refractivity contribution is 7.03. The van der Waals surface area contributed by atoms with Crippen LogP contribution in [0.1, 0.15) is 38.0 Å². The van der Waals surface area contributed by atoms with Gasteiger partial charge in [-0.25, -0.2) is 4.39 Å². The lowest BCUT2D eigenvalue weighted by Gasteiger charge is -2.31. The number of carbonyl (C=O) groups excluding carboxylic acids is 4. The number of imide groups is 1. The first-order chi connectivity index (χ1) is 20.3. The molecule has 42 heavy (non-hydrogen) atoms. The summed E-state index contributed by atoms with van der Waals surface area (Å²) >= 11 is 0.955. The summed E-state index contributed by atoms with van der Waals surface area (Å²) in [4.78, 5) is 55.8. The number of fused-ring (bicyclic) bond motifs is 1. The maximum atomic E-state index is 14.8. The number of anilines is 1. The zero-order chi connectivity index (χ0) is 29.8. The van der Waals surface area contributed by atoms with Gasteiger partial charge in [-0.2, -0.15) is 0 Å². The van der Waals surface area contributed by atoms with Crippen LogP contribution in [0.5, 0.6) is 11.5 Å². The van der Waals surface area contributed by atoms with E-state index in [9.17, 15) is 23.6 Å². The van der Waals surface area contributed by atoms with Crippen LogP contribution in [0.15, 0.2) is 72.1 Å². The first kappa shape index (κ1) is 28.4. The molecule has 0 fully saturated rings. The zero-order valence-corrected chi connectivity index (χ0v) is 23.3. The minimum Gasteiger partial charge on any atom is -0.497 e. The molecule has 1 aromatic heterocycles. The lowest BCUT2D eigenvalue weighted by Crippen LogP contribution is -2.47. The van der Waals surface area contributed by atoms with E-state index < -0.39 is 42.0 Å². The molecule has 11 nitrogen and oxygen atoms in total. The summed E-state index contributed by atoms with van der Waals surface area (Å²) in [6.45, 7) is -1.06. The van der Waals surface area contributed by atoms with Crippen molar-refractivity contribution in [2.24, 2.45) is 0 Å². The smallest absolute Gasteiger partial charge is 0.262 e. The van der Waals surface area contributed by atoms with Crippen LogP contribution in [0.2, 0.25) is 0 Å². The van der Waals surface area contributed by atoms with Crippen molar-refractivity contribution >= 4 is 40.8 Å². The lowest BCUT2D eigenvalue weighted by atomic mass is 10.1. The maximum absolute atomic E-state index is 14.8. The molecule has 214 valence electrons. The second kappa shape index (κ2) is 12.1. The summed E-state index contributed by atoms with van der Waals surface area (Å²) in [6.07, 6.45) is 0. The average Bonchev–Trinajstić information content (AvgIpc) is 3.61. The second-order valence-electron chi connectivity index (χ2n) is 9.14. The Labute approximate surface area is 243 Å². The van der Waals surface area contributed by atoms with Crippen molar-refractivity contribution in [3.05, 3.63) is 100 Å². The number of hydrogen-bond acceptors (Lipinski definition) is 9. The molecule has 0 saturated heterocycles. The van der Waals surface area contributed by atoms with Crippen molar-refractivity contribution in [3.8, 4) is 11.5 Å². The first-order valence-corrected chi connectivity index (χ1v) is 13.4. The van der Waals surface area contributed by atoms with Gasteiger partial charge in [-0.15, -0.1) is 5.10 Å². The van der Waals surface area contributed by atoms with Gasteiger partial charge in [0.25, 0.3) is 17.7 Å². The summed E-state index contributed by atoms with van der Waals surface area (Å²) in [7, 11) is 2.90. The molecule has 0 saturated carbocycles.